The molecule has 0 bridgehead atoms. The zero-order chi connectivity index (χ0) is 11.7. The molecule has 0 fully saturated rings. The van der Waals surface area contributed by atoms with Gasteiger partial charge in [-0.25, -0.2) is 4.39 Å². The summed E-state index contributed by atoms with van der Waals surface area (Å²) in [5.41, 5.74) is 7.16. The Morgan fingerprint density at radius 3 is 2.88 bits per heavy atom. The van der Waals surface area contributed by atoms with Gasteiger partial charge in [0.05, 0.1) is 11.9 Å². The predicted molar refractivity (Wildman–Crippen MR) is 63.5 cm³/mol. The second-order valence-electron chi connectivity index (χ2n) is 3.21. The van der Waals surface area contributed by atoms with Crippen LogP contribution < -0.4 is 5.73 Å². The third kappa shape index (κ3) is 1.57. The number of H-pyrrole nitrogens is 1. The summed E-state index contributed by atoms with van der Waals surface area (Å²) >= 11 is 4.04. The molecular weight excluding hydrogens is 227 g/mol. The van der Waals surface area contributed by atoms with Crippen LogP contribution in [0, 0.1) is 11.2 Å². The van der Waals surface area contributed by atoms with Crippen molar-refractivity contribution in [2.45, 2.75) is 4.90 Å². The van der Waals surface area contributed by atoms with E-state index in [1.807, 2.05) is 0 Å². The van der Waals surface area contributed by atoms with E-state index in [9.17, 15) is 4.39 Å². The van der Waals surface area contributed by atoms with E-state index < -0.39 is 5.82 Å². The summed E-state index contributed by atoms with van der Waals surface area (Å²) in [5.74, 6) is -0.473. The van der Waals surface area contributed by atoms with Gasteiger partial charge in [0.2, 0.25) is 0 Å². The monoisotopic (exact) mass is 236 g/mol. The Hall–Kier alpha value is -1.82. The van der Waals surface area contributed by atoms with Gasteiger partial charge in [0.1, 0.15) is 5.82 Å². The first-order valence-corrected chi connectivity index (χ1v) is 4.90. The largest absolute Gasteiger partial charge is 0.397 e. The van der Waals surface area contributed by atoms with Crippen LogP contribution in [0.1, 0.15) is 5.56 Å². The lowest BCUT2D eigenvalue weighted by molar-refractivity contribution is 0.628. The van der Waals surface area contributed by atoms with E-state index in [1.165, 1.54) is 12.3 Å². The molecule has 0 unspecified atom stereocenters. The number of hydrogen-bond donors (Lipinski definition) is 4. The molecule has 2 aromatic rings. The molecule has 0 aliphatic rings. The van der Waals surface area contributed by atoms with Crippen LogP contribution in [-0.2, 0) is 0 Å². The van der Waals surface area contributed by atoms with E-state index in [0.29, 0.717) is 16.0 Å². The summed E-state index contributed by atoms with van der Waals surface area (Å²) in [6.07, 6.45) is 4.03. The Morgan fingerprint density at radius 1 is 1.56 bits per heavy atom. The molecule has 0 aliphatic heterocycles. The lowest BCUT2D eigenvalue weighted by Crippen LogP contribution is -2.00. The maximum Gasteiger partial charge on any atom is 0.133 e. The number of nitrogens with two attached hydrogens (primary N) is 1. The van der Waals surface area contributed by atoms with Gasteiger partial charge in [-0.15, -0.1) is 12.6 Å². The van der Waals surface area contributed by atoms with Crippen LogP contribution in [0.4, 0.5) is 10.1 Å². The first-order chi connectivity index (χ1) is 7.65. The van der Waals surface area contributed by atoms with Crippen molar-refractivity contribution in [1.82, 2.24) is 10.2 Å². The van der Waals surface area contributed by atoms with Crippen LogP contribution in [0.15, 0.2) is 23.4 Å². The molecule has 2 rings (SSSR count). The fraction of sp³-hybridized carbons (Fsp3) is 0. The lowest BCUT2D eigenvalue weighted by atomic mass is 10.0. The molecule has 1 aromatic heterocycles. The molecule has 0 atom stereocenters. The number of nitrogen functional groups attached to an aromatic ring is 1. The summed E-state index contributed by atoms with van der Waals surface area (Å²) in [7, 11) is 0. The molecule has 16 heavy (non-hydrogen) atoms. The average molecular weight is 236 g/mol. The summed E-state index contributed by atoms with van der Waals surface area (Å²) in [6, 6.07) is 1.23. The highest BCUT2D eigenvalue weighted by Crippen LogP contribution is 2.32. The van der Waals surface area contributed by atoms with Crippen molar-refractivity contribution in [3.63, 3.8) is 0 Å². The van der Waals surface area contributed by atoms with Gasteiger partial charge in [0.25, 0.3) is 0 Å². The number of halogens is 1. The number of aromatic amines is 1. The molecule has 0 aliphatic carbocycles. The van der Waals surface area contributed by atoms with Crippen LogP contribution in [-0.4, -0.2) is 16.4 Å². The summed E-state index contributed by atoms with van der Waals surface area (Å²) < 4.78 is 13.8. The molecule has 1 heterocycles. The third-order valence-electron chi connectivity index (χ3n) is 2.27. The van der Waals surface area contributed by atoms with Crippen molar-refractivity contribution in [2.24, 2.45) is 0 Å². The molecule has 82 valence electrons. The van der Waals surface area contributed by atoms with Gasteiger partial charge < -0.3 is 11.1 Å². The van der Waals surface area contributed by atoms with Crippen molar-refractivity contribution >= 4 is 24.5 Å². The van der Waals surface area contributed by atoms with Gasteiger partial charge in [-0.05, 0) is 6.07 Å². The number of aromatic nitrogens is 2. The second-order valence-corrected chi connectivity index (χ2v) is 3.69. The van der Waals surface area contributed by atoms with Crippen LogP contribution >= 0.6 is 12.6 Å². The second kappa shape index (κ2) is 3.97. The molecule has 0 radical (unpaired) electrons. The standard InChI is InChI=1S/C10H9FN4S/c11-7-1-8(16)10(13)6(2-12)9(7)5-3-14-15-4-5/h1-4,12,16H,13H2,(H,14,15). The van der Waals surface area contributed by atoms with Crippen molar-refractivity contribution in [3.05, 3.63) is 29.8 Å². The number of nitrogens with zero attached hydrogens (tertiary/aromatic N) is 1. The number of nitrogens with one attached hydrogen (secondary N) is 2. The summed E-state index contributed by atoms with van der Waals surface area (Å²) in [6.45, 7) is 0. The van der Waals surface area contributed by atoms with Gasteiger partial charge in [-0.1, -0.05) is 0 Å². The Bertz CT molecular complexity index is 536. The Morgan fingerprint density at radius 2 is 2.31 bits per heavy atom. The fourth-order valence-electron chi connectivity index (χ4n) is 1.50. The zero-order valence-corrected chi connectivity index (χ0v) is 9.05. The Labute approximate surface area is 96.6 Å². The minimum Gasteiger partial charge on any atom is -0.397 e. The maximum absolute atomic E-state index is 13.8. The highest BCUT2D eigenvalue weighted by Gasteiger charge is 2.15. The van der Waals surface area contributed by atoms with Crippen LogP contribution in [0.3, 0.4) is 0 Å². The van der Waals surface area contributed by atoms with Gasteiger partial charge >= 0.3 is 0 Å². The van der Waals surface area contributed by atoms with Crippen LogP contribution in [0.5, 0.6) is 0 Å². The normalized spacial score (nSPS) is 10.4. The smallest absolute Gasteiger partial charge is 0.133 e. The number of rotatable bonds is 2. The van der Waals surface area contributed by atoms with Crippen LogP contribution in [0.2, 0.25) is 0 Å². The van der Waals surface area contributed by atoms with Gasteiger partial charge in [-0.3, -0.25) is 5.10 Å². The minimum absolute atomic E-state index is 0.263. The molecule has 1 aromatic carbocycles. The Kier molecular flexibility index (Phi) is 2.66. The zero-order valence-electron chi connectivity index (χ0n) is 8.16. The highest BCUT2D eigenvalue weighted by molar-refractivity contribution is 7.80. The van der Waals surface area contributed by atoms with Crippen molar-refractivity contribution in [1.29, 1.82) is 5.41 Å². The summed E-state index contributed by atoms with van der Waals surface area (Å²) in [4.78, 5) is 0.322. The van der Waals surface area contributed by atoms with Crippen molar-refractivity contribution < 1.29 is 4.39 Å². The summed E-state index contributed by atoms with van der Waals surface area (Å²) in [5, 5.41) is 13.6. The minimum atomic E-state index is -0.473. The Balaban J connectivity index is 2.78. The molecule has 0 spiro atoms. The van der Waals surface area contributed by atoms with Gasteiger partial charge in [-0.2, -0.15) is 5.10 Å². The maximum atomic E-state index is 13.8. The SMILES string of the molecule is N=Cc1c(N)c(S)cc(F)c1-c1cn[nH]c1. The number of benzene rings is 1. The number of anilines is 1. The topological polar surface area (TPSA) is 78.6 Å². The number of thiol groups is 1. The molecule has 0 saturated carbocycles. The quantitative estimate of drug-likeness (QED) is 0.366. The lowest BCUT2D eigenvalue weighted by Gasteiger charge is -2.10. The van der Waals surface area contributed by atoms with E-state index >= 15 is 0 Å². The van der Waals surface area contributed by atoms with Crippen LogP contribution in [0.25, 0.3) is 11.1 Å². The average Bonchev–Trinajstić information content (AvgIpc) is 2.76. The molecule has 0 saturated heterocycles. The number of hydrogen-bond acceptors (Lipinski definition) is 4. The van der Waals surface area contributed by atoms with Gasteiger partial charge in [0.15, 0.2) is 0 Å². The first-order valence-electron chi connectivity index (χ1n) is 4.45. The van der Waals surface area contributed by atoms with E-state index in [0.717, 1.165) is 6.21 Å². The molecular formula is C10H9FN4S. The first kappa shape index (κ1) is 10.7. The molecule has 4 nitrogen and oxygen atoms in total. The predicted octanol–water partition coefficient (Wildman–Crippen LogP) is 2.08. The van der Waals surface area contributed by atoms with E-state index in [4.69, 9.17) is 11.1 Å². The molecule has 4 N–H and O–H groups in total. The van der Waals surface area contributed by atoms with E-state index in [2.05, 4.69) is 22.8 Å². The molecule has 6 heteroatoms. The fourth-order valence-corrected chi connectivity index (χ4v) is 1.74. The van der Waals surface area contributed by atoms with E-state index in [-0.39, 0.29) is 11.3 Å². The third-order valence-corrected chi connectivity index (χ3v) is 2.64. The van der Waals surface area contributed by atoms with Crippen molar-refractivity contribution in [2.75, 3.05) is 5.73 Å². The van der Waals surface area contributed by atoms with Gasteiger partial charge in [0, 0.05) is 34.0 Å². The van der Waals surface area contributed by atoms with E-state index in [1.54, 1.807) is 6.20 Å². The van der Waals surface area contributed by atoms with Crippen molar-refractivity contribution in [3.8, 4) is 11.1 Å². The highest BCUT2D eigenvalue weighted by atomic mass is 32.1. The molecule has 0 amide bonds.